The first-order valence-electron chi connectivity index (χ1n) is 5.93. The van der Waals surface area contributed by atoms with Crippen LogP contribution < -0.4 is 5.32 Å². The van der Waals surface area contributed by atoms with Crippen molar-refractivity contribution in [2.24, 2.45) is 0 Å². The lowest BCUT2D eigenvalue weighted by Crippen LogP contribution is -2.30. The maximum atomic E-state index is 4.65. The highest BCUT2D eigenvalue weighted by Crippen LogP contribution is 2.26. The number of nitrogens with one attached hydrogen (secondary N) is 1. The Morgan fingerprint density at radius 2 is 1.94 bits per heavy atom. The zero-order valence-corrected chi connectivity index (χ0v) is 12.0. The highest BCUT2D eigenvalue weighted by atomic mass is 32.1. The Hall–Kier alpha value is -0.480. The molecule has 16 heavy (non-hydrogen) atoms. The van der Waals surface area contributed by atoms with Gasteiger partial charge in [-0.05, 0) is 25.0 Å². The predicted octanol–water partition coefficient (Wildman–Crippen LogP) is 2.94. The molecule has 1 N–H and O–H groups in total. The lowest BCUT2D eigenvalue weighted by Gasteiger charge is -2.18. The molecule has 92 valence electrons. The van der Waals surface area contributed by atoms with E-state index in [-0.39, 0.29) is 5.41 Å². The van der Waals surface area contributed by atoms with E-state index >= 15 is 0 Å². The van der Waals surface area contributed by atoms with Crippen LogP contribution in [0.3, 0.4) is 0 Å². The molecule has 0 radical (unpaired) electrons. The van der Waals surface area contributed by atoms with E-state index in [4.69, 9.17) is 0 Å². The fraction of sp³-hybridized carbons (Fsp3) is 0.833. The van der Waals surface area contributed by atoms with Gasteiger partial charge in [0.25, 0.3) is 0 Å². The molecule has 0 spiro atoms. The second-order valence-corrected chi connectivity index (χ2v) is 6.12. The molecule has 1 heterocycles. The van der Waals surface area contributed by atoms with Gasteiger partial charge in [0.2, 0.25) is 0 Å². The standard InChI is InChI=1S/C12H23N3S/c1-7-13-9(3)8(2)10-14-11(15-16-10)12(4,5)6/h8-9,13H,7H2,1-6H3. The highest BCUT2D eigenvalue weighted by molar-refractivity contribution is 7.05. The summed E-state index contributed by atoms with van der Waals surface area (Å²) in [6.07, 6.45) is 0. The van der Waals surface area contributed by atoms with Gasteiger partial charge in [0, 0.05) is 17.4 Å². The smallest absolute Gasteiger partial charge is 0.147 e. The summed E-state index contributed by atoms with van der Waals surface area (Å²) < 4.78 is 4.45. The van der Waals surface area contributed by atoms with Gasteiger partial charge >= 0.3 is 0 Å². The number of rotatable bonds is 4. The minimum Gasteiger partial charge on any atom is -0.314 e. The van der Waals surface area contributed by atoms with Crippen LogP contribution in [0.4, 0.5) is 0 Å². The summed E-state index contributed by atoms with van der Waals surface area (Å²) in [5.41, 5.74) is 0.0515. The molecule has 0 aliphatic carbocycles. The monoisotopic (exact) mass is 241 g/mol. The van der Waals surface area contributed by atoms with Gasteiger partial charge in [0.1, 0.15) is 10.8 Å². The van der Waals surface area contributed by atoms with Crippen molar-refractivity contribution < 1.29 is 0 Å². The molecule has 4 heteroatoms. The largest absolute Gasteiger partial charge is 0.314 e. The third kappa shape index (κ3) is 3.25. The van der Waals surface area contributed by atoms with Crippen LogP contribution >= 0.6 is 11.5 Å². The molecule has 0 amide bonds. The van der Waals surface area contributed by atoms with Crippen LogP contribution in [0.15, 0.2) is 0 Å². The van der Waals surface area contributed by atoms with Crippen molar-refractivity contribution in [3.63, 3.8) is 0 Å². The summed E-state index contributed by atoms with van der Waals surface area (Å²) in [4.78, 5) is 4.65. The number of hydrogen-bond donors (Lipinski definition) is 1. The molecular formula is C12H23N3S. The molecule has 0 saturated heterocycles. The van der Waals surface area contributed by atoms with E-state index in [9.17, 15) is 0 Å². The summed E-state index contributed by atoms with van der Waals surface area (Å²) in [5.74, 6) is 1.39. The second kappa shape index (κ2) is 5.23. The first-order valence-corrected chi connectivity index (χ1v) is 6.71. The summed E-state index contributed by atoms with van der Waals surface area (Å²) in [5, 5.41) is 4.57. The van der Waals surface area contributed by atoms with Crippen molar-refractivity contribution in [2.45, 2.75) is 58.9 Å². The van der Waals surface area contributed by atoms with Gasteiger partial charge in [0.05, 0.1) is 0 Å². The Bertz CT molecular complexity index is 327. The van der Waals surface area contributed by atoms with Crippen LogP contribution in [0, 0.1) is 0 Å². The van der Waals surface area contributed by atoms with E-state index in [1.54, 1.807) is 0 Å². The zero-order chi connectivity index (χ0) is 12.3. The van der Waals surface area contributed by atoms with Crippen molar-refractivity contribution >= 4 is 11.5 Å². The third-order valence-corrected chi connectivity index (χ3v) is 3.69. The number of nitrogens with zero attached hydrogens (tertiary/aromatic N) is 2. The Kier molecular flexibility index (Phi) is 4.44. The minimum absolute atomic E-state index is 0.0515. The van der Waals surface area contributed by atoms with E-state index in [0.717, 1.165) is 17.4 Å². The van der Waals surface area contributed by atoms with Crippen molar-refractivity contribution in [1.29, 1.82) is 0 Å². The highest BCUT2D eigenvalue weighted by Gasteiger charge is 2.23. The van der Waals surface area contributed by atoms with Gasteiger partial charge in [-0.1, -0.05) is 34.6 Å². The van der Waals surface area contributed by atoms with Crippen LogP contribution in [-0.2, 0) is 5.41 Å². The van der Waals surface area contributed by atoms with Crippen molar-refractivity contribution in [2.75, 3.05) is 6.54 Å². The van der Waals surface area contributed by atoms with Gasteiger partial charge in [-0.3, -0.25) is 0 Å². The molecule has 1 aromatic rings. The van der Waals surface area contributed by atoms with Gasteiger partial charge < -0.3 is 5.32 Å². The lowest BCUT2D eigenvalue weighted by atomic mass is 9.96. The van der Waals surface area contributed by atoms with Crippen molar-refractivity contribution in [3.8, 4) is 0 Å². The van der Waals surface area contributed by atoms with Crippen molar-refractivity contribution in [1.82, 2.24) is 14.7 Å². The molecule has 3 nitrogen and oxygen atoms in total. The van der Waals surface area contributed by atoms with Crippen LogP contribution in [0.1, 0.15) is 58.3 Å². The Balaban J connectivity index is 2.78. The van der Waals surface area contributed by atoms with Gasteiger partial charge in [-0.25, -0.2) is 4.98 Å². The number of hydrogen-bond acceptors (Lipinski definition) is 4. The van der Waals surface area contributed by atoms with E-state index in [2.05, 4.69) is 56.2 Å². The topological polar surface area (TPSA) is 37.8 Å². The van der Waals surface area contributed by atoms with Crippen LogP contribution in [-0.4, -0.2) is 21.9 Å². The second-order valence-electron chi connectivity index (χ2n) is 5.34. The maximum absolute atomic E-state index is 4.65. The molecule has 0 aliphatic heterocycles. The molecular weight excluding hydrogens is 218 g/mol. The number of likely N-dealkylation sites (N-methyl/N-ethyl adjacent to an activating group) is 1. The van der Waals surface area contributed by atoms with Crippen molar-refractivity contribution in [3.05, 3.63) is 10.8 Å². The quantitative estimate of drug-likeness (QED) is 0.880. The zero-order valence-electron chi connectivity index (χ0n) is 11.2. The van der Waals surface area contributed by atoms with E-state index in [1.807, 2.05) is 0 Å². The summed E-state index contributed by atoms with van der Waals surface area (Å²) in [7, 11) is 0. The Morgan fingerprint density at radius 3 is 2.38 bits per heavy atom. The van der Waals surface area contributed by atoms with Crippen LogP contribution in [0.5, 0.6) is 0 Å². The predicted molar refractivity (Wildman–Crippen MR) is 70.2 cm³/mol. The molecule has 0 saturated carbocycles. The third-order valence-electron chi connectivity index (χ3n) is 2.78. The fourth-order valence-electron chi connectivity index (χ4n) is 1.44. The Morgan fingerprint density at radius 1 is 1.31 bits per heavy atom. The normalized spacial score (nSPS) is 16.1. The molecule has 0 bridgehead atoms. The average Bonchev–Trinajstić information content (AvgIpc) is 2.65. The Labute approximate surface area is 103 Å². The van der Waals surface area contributed by atoms with Gasteiger partial charge in [-0.2, -0.15) is 4.37 Å². The summed E-state index contributed by atoms with van der Waals surface area (Å²) in [6, 6.07) is 0.450. The molecule has 0 fully saturated rings. The SMILES string of the molecule is CCNC(C)C(C)c1nc(C(C)(C)C)ns1. The molecule has 1 aromatic heterocycles. The summed E-state index contributed by atoms with van der Waals surface area (Å²) >= 11 is 1.54. The first kappa shape index (κ1) is 13.6. The lowest BCUT2D eigenvalue weighted by molar-refractivity contribution is 0.488. The van der Waals surface area contributed by atoms with Gasteiger partial charge in [-0.15, -0.1) is 0 Å². The fourth-order valence-corrected chi connectivity index (χ4v) is 2.43. The molecule has 0 aromatic carbocycles. The summed E-state index contributed by atoms with van der Waals surface area (Å²) in [6.45, 7) is 14.0. The first-order chi connectivity index (χ1) is 7.36. The number of aromatic nitrogens is 2. The average molecular weight is 241 g/mol. The van der Waals surface area contributed by atoms with Crippen LogP contribution in [0.25, 0.3) is 0 Å². The molecule has 1 rings (SSSR count). The molecule has 0 aliphatic rings. The minimum atomic E-state index is 0.0515. The van der Waals surface area contributed by atoms with E-state index in [0.29, 0.717) is 12.0 Å². The molecule has 2 unspecified atom stereocenters. The maximum Gasteiger partial charge on any atom is 0.147 e. The van der Waals surface area contributed by atoms with E-state index < -0.39 is 0 Å². The van der Waals surface area contributed by atoms with E-state index in [1.165, 1.54) is 11.5 Å². The van der Waals surface area contributed by atoms with Crippen LogP contribution in [0.2, 0.25) is 0 Å². The van der Waals surface area contributed by atoms with Gasteiger partial charge in [0.15, 0.2) is 0 Å². The molecule has 2 atom stereocenters.